The highest BCUT2D eigenvalue weighted by Gasteiger charge is 2.35. The van der Waals surface area contributed by atoms with Crippen LogP contribution in [0.3, 0.4) is 0 Å². The molecule has 2 rings (SSSR count). The van der Waals surface area contributed by atoms with E-state index in [1.807, 2.05) is 0 Å². The van der Waals surface area contributed by atoms with E-state index in [1.165, 1.54) is 12.8 Å². The minimum atomic E-state index is 0.618. The summed E-state index contributed by atoms with van der Waals surface area (Å²) in [5.41, 5.74) is 1.13. The van der Waals surface area contributed by atoms with Gasteiger partial charge in [-0.25, -0.2) is 9.97 Å². The van der Waals surface area contributed by atoms with Crippen LogP contribution in [0.5, 0.6) is 0 Å². The Labute approximate surface area is 103 Å². The van der Waals surface area contributed by atoms with Gasteiger partial charge >= 0.3 is 0 Å². The van der Waals surface area contributed by atoms with Gasteiger partial charge in [-0.15, -0.1) is 0 Å². The predicted molar refractivity (Wildman–Crippen MR) is 71.4 cm³/mol. The van der Waals surface area contributed by atoms with E-state index in [-0.39, 0.29) is 0 Å². The molecule has 0 saturated heterocycles. The Kier molecular flexibility index (Phi) is 3.82. The molecule has 1 aromatic heterocycles. The number of nitrogens with zero attached hydrogens (tertiary/aromatic N) is 2. The zero-order valence-electron chi connectivity index (χ0n) is 11.0. The Bertz CT molecular complexity index is 378. The van der Waals surface area contributed by atoms with Gasteiger partial charge in [-0.05, 0) is 25.7 Å². The van der Waals surface area contributed by atoms with E-state index in [0.29, 0.717) is 6.04 Å². The predicted octanol–water partition coefficient (Wildman–Crippen LogP) is 2.82. The number of rotatable bonds is 6. The van der Waals surface area contributed by atoms with Crippen LogP contribution in [0.25, 0.3) is 0 Å². The van der Waals surface area contributed by atoms with Crippen molar-refractivity contribution in [2.45, 2.75) is 46.1 Å². The zero-order valence-corrected chi connectivity index (χ0v) is 11.0. The van der Waals surface area contributed by atoms with E-state index in [4.69, 9.17) is 0 Å². The second-order valence-electron chi connectivity index (χ2n) is 4.78. The number of aromatic nitrogens is 2. The second-order valence-corrected chi connectivity index (χ2v) is 4.78. The summed E-state index contributed by atoms with van der Waals surface area (Å²) in [6.07, 6.45) is 5.27. The summed E-state index contributed by atoms with van der Waals surface area (Å²) >= 11 is 0. The third kappa shape index (κ3) is 2.87. The Balaban J connectivity index is 2.02. The zero-order chi connectivity index (χ0) is 12.3. The summed E-state index contributed by atoms with van der Waals surface area (Å²) in [7, 11) is 0. The van der Waals surface area contributed by atoms with Crippen LogP contribution >= 0.6 is 0 Å². The summed E-state index contributed by atoms with van der Waals surface area (Å²) < 4.78 is 0. The van der Waals surface area contributed by atoms with E-state index >= 15 is 0 Å². The molecule has 1 heterocycles. The molecule has 4 nitrogen and oxygen atoms in total. The molecule has 0 aromatic carbocycles. The Morgan fingerprint density at radius 2 is 2.06 bits per heavy atom. The molecule has 1 fully saturated rings. The first-order valence-corrected chi connectivity index (χ1v) is 6.58. The summed E-state index contributed by atoms with van der Waals surface area (Å²) in [6.45, 7) is 7.42. The minimum Gasteiger partial charge on any atom is -0.370 e. The summed E-state index contributed by atoms with van der Waals surface area (Å²) in [5.74, 6) is 2.77. The van der Waals surface area contributed by atoms with Gasteiger partial charge in [0.25, 0.3) is 0 Å². The highest BCUT2D eigenvalue weighted by Crippen LogP contribution is 2.36. The molecule has 94 valence electrons. The minimum absolute atomic E-state index is 0.618. The fourth-order valence-electron chi connectivity index (χ4n) is 2.07. The normalized spacial score (nSPS) is 22.3. The summed E-state index contributed by atoms with van der Waals surface area (Å²) in [5, 5.41) is 6.84. The van der Waals surface area contributed by atoms with Gasteiger partial charge in [-0.3, -0.25) is 0 Å². The molecule has 2 atom stereocenters. The highest BCUT2D eigenvalue weighted by molar-refractivity contribution is 5.57. The molecule has 0 radical (unpaired) electrons. The van der Waals surface area contributed by atoms with E-state index in [9.17, 15) is 0 Å². The average molecular weight is 234 g/mol. The summed E-state index contributed by atoms with van der Waals surface area (Å²) in [4.78, 5) is 8.61. The first-order valence-electron chi connectivity index (χ1n) is 6.58. The number of anilines is 2. The SMILES string of the molecule is CCCNc1ncnc(NC2CC2CC)c1C. The average Bonchev–Trinajstić information content (AvgIpc) is 3.09. The molecule has 0 spiro atoms. The summed E-state index contributed by atoms with van der Waals surface area (Å²) in [6, 6.07) is 0.618. The van der Waals surface area contributed by atoms with Gasteiger partial charge in [0.2, 0.25) is 0 Å². The molecule has 2 unspecified atom stereocenters. The molecule has 4 heteroatoms. The fourth-order valence-corrected chi connectivity index (χ4v) is 2.07. The van der Waals surface area contributed by atoms with Gasteiger partial charge < -0.3 is 10.6 Å². The van der Waals surface area contributed by atoms with Crippen molar-refractivity contribution in [3.05, 3.63) is 11.9 Å². The number of hydrogen-bond acceptors (Lipinski definition) is 4. The van der Waals surface area contributed by atoms with Crippen molar-refractivity contribution in [2.75, 3.05) is 17.2 Å². The lowest BCUT2D eigenvalue weighted by Crippen LogP contribution is -2.11. The van der Waals surface area contributed by atoms with Crippen molar-refractivity contribution in [3.8, 4) is 0 Å². The molecule has 17 heavy (non-hydrogen) atoms. The second kappa shape index (κ2) is 5.34. The lowest BCUT2D eigenvalue weighted by molar-refractivity contribution is 0.772. The van der Waals surface area contributed by atoms with Crippen molar-refractivity contribution < 1.29 is 0 Å². The van der Waals surface area contributed by atoms with Crippen LogP contribution in [0.15, 0.2) is 6.33 Å². The topological polar surface area (TPSA) is 49.8 Å². The standard InChI is InChI=1S/C13H22N4/c1-4-6-14-12-9(3)13(16-8-15-12)17-11-7-10(11)5-2/h8,10-11H,4-7H2,1-3H3,(H2,14,15,16,17). The van der Waals surface area contributed by atoms with E-state index < -0.39 is 0 Å². The van der Waals surface area contributed by atoms with Crippen LogP contribution in [0.4, 0.5) is 11.6 Å². The van der Waals surface area contributed by atoms with Crippen LogP contribution < -0.4 is 10.6 Å². The van der Waals surface area contributed by atoms with Crippen LogP contribution in [0, 0.1) is 12.8 Å². The Morgan fingerprint density at radius 1 is 1.29 bits per heavy atom. The van der Waals surface area contributed by atoms with E-state index in [0.717, 1.165) is 36.1 Å². The van der Waals surface area contributed by atoms with Gasteiger partial charge in [-0.1, -0.05) is 20.3 Å². The molecule has 1 aromatic rings. The maximum atomic E-state index is 4.33. The molecule has 0 amide bonds. The molecular formula is C13H22N4. The fraction of sp³-hybridized carbons (Fsp3) is 0.692. The van der Waals surface area contributed by atoms with Crippen LogP contribution in [-0.2, 0) is 0 Å². The molecular weight excluding hydrogens is 212 g/mol. The monoisotopic (exact) mass is 234 g/mol. The first kappa shape index (κ1) is 12.1. The van der Waals surface area contributed by atoms with E-state index in [1.54, 1.807) is 6.33 Å². The van der Waals surface area contributed by atoms with Crippen molar-refractivity contribution >= 4 is 11.6 Å². The number of hydrogen-bond donors (Lipinski definition) is 2. The maximum absolute atomic E-state index is 4.33. The third-order valence-corrected chi connectivity index (χ3v) is 3.40. The maximum Gasteiger partial charge on any atom is 0.134 e. The quantitative estimate of drug-likeness (QED) is 0.794. The molecule has 0 bridgehead atoms. The van der Waals surface area contributed by atoms with Crippen LogP contribution in [0.2, 0.25) is 0 Å². The van der Waals surface area contributed by atoms with Crippen molar-refractivity contribution in [1.29, 1.82) is 0 Å². The van der Waals surface area contributed by atoms with Crippen molar-refractivity contribution in [3.63, 3.8) is 0 Å². The molecule has 2 N–H and O–H groups in total. The van der Waals surface area contributed by atoms with Crippen LogP contribution in [-0.4, -0.2) is 22.6 Å². The third-order valence-electron chi connectivity index (χ3n) is 3.40. The highest BCUT2D eigenvalue weighted by atomic mass is 15.1. The van der Waals surface area contributed by atoms with Crippen molar-refractivity contribution in [2.24, 2.45) is 5.92 Å². The van der Waals surface area contributed by atoms with Gasteiger partial charge in [-0.2, -0.15) is 0 Å². The van der Waals surface area contributed by atoms with Gasteiger partial charge in [0.05, 0.1) is 0 Å². The Morgan fingerprint density at radius 3 is 2.71 bits per heavy atom. The van der Waals surface area contributed by atoms with Crippen LogP contribution in [0.1, 0.15) is 38.7 Å². The Hall–Kier alpha value is -1.32. The van der Waals surface area contributed by atoms with Gasteiger partial charge in [0, 0.05) is 18.2 Å². The van der Waals surface area contributed by atoms with Gasteiger partial charge in [0.1, 0.15) is 18.0 Å². The molecule has 1 saturated carbocycles. The van der Waals surface area contributed by atoms with Crippen molar-refractivity contribution in [1.82, 2.24) is 9.97 Å². The van der Waals surface area contributed by atoms with E-state index in [2.05, 4.69) is 41.4 Å². The molecule has 1 aliphatic rings. The molecule has 0 aliphatic heterocycles. The molecule has 1 aliphatic carbocycles. The number of nitrogens with one attached hydrogen (secondary N) is 2. The largest absolute Gasteiger partial charge is 0.370 e. The van der Waals surface area contributed by atoms with Gasteiger partial charge in [0.15, 0.2) is 0 Å². The smallest absolute Gasteiger partial charge is 0.134 e. The lowest BCUT2D eigenvalue weighted by Gasteiger charge is -2.12. The first-order chi connectivity index (χ1) is 8.26. The lowest BCUT2D eigenvalue weighted by atomic mass is 10.3.